The van der Waals surface area contributed by atoms with E-state index in [4.69, 9.17) is 4.74 Å². The number of carbonyl (C=O) groups is 1. The molecular weight excluding hydrogens is 327 g/mol. The molecule has 1 aromatic rings. The molecule has 1 fully saturated rings. The Bertz CT molecular complexity index is 708. The van der Waals surface area contributed by atoms with Gasteiger partial charge in [-0.05, 0) is 26.0 Å². The molecule has 130 valence electrons. The third-order valence-corrected chi connectivity index (χ3v) is 3.94. The minimum Gasteiger partial charge on any atom is -0.439 e. The molecule has 0 radical (unpaired) electrons. The van der Waals surface area contributed by atoms with E-state index in [-0.39, 0.29) is 30.1 Å². The van der Waals surface area contributed by atoms with Crippen LogP contribution in [-0.2, 0) is 10.9 Å². The van der Waals surface area contributed by atoms with E-state index in [9.17, 15) is 23.1 Å². The number of amides is 1. The topological polar surface area (TPSA) is 74.2 Å². The van der Waals surface area contributed by atoms with E-state index >= 15 is 0 Å². The molecule has 24 heavy (non-hydrogen) atoms. The molecule has 0 unspecified atom stereocenters. The lowest BCUT2D eigenvalue weighted by Crippen LogP contribution is -2.60. The van der Waals surface area contributed by atoms with E-state index < -0.39 is 29.5 Å². The summed E-state index contributed by atoms with van der Waals surface area (Å²) in [6.45, 7) is 3.37. The number of β-amino-alcohol motifs (C(OH)–C–C–N with tert-alkyl or cyclic N) is 1. The van der Waals surface area contributed by atoms with Crippen molar-refractivity contribution in [1.29, 1.82) is 0 Å². The van der Waals surface area contributed by atoms with Crippen LogP contribution in [0.2, 0.25) is 0 Å². The first-order chi connectivity index (χ1) is 11.1. The van der Waals surface area contributed by atoms with E-state index in [1.165, 1.54) is 24.0 Å². The molecule has 0 spiro atoms. The molecule has 2 aliphatic heterocycles. The molecule has 0 aromatic heterocycles. The highest BCUT2D eigenvalue weighted by Gasteiger charge is 2.42. The first kappa shape index (κ1) is 16.6. The SMILES string of the molecule is C[C@@H]1OC(=O)NN=C1c1ccc(N2CC(C)(O)C2)c(C(F)(F)F)c1. The van der Waals surface area contributed by atoms with Gasteiger partial charge in [-0.3, -0.25) is 0 Å². The van der Waals surface area contributed by atoms with Gasteiger partial charge in [0.25, 0.3) is 0 Å². The summed E-state index contributed by atoms with van der Waals surface area (Å²) in [5, 5.41) is 13.5. The zero-order valence-corrected chi connectivity index (χ0v) is 13.0. The van der Waals surface area contributed by atoms with Gasteiger partial charge in [0.2, 0.25) is 0 Å². The summed E-state index contributed by atoms with van der Waals surface area (Å²) in [4.78, 5) is 12.5. The minimum absolute atomic E-state index is 0.00629. The normalized spacial score (nSPS) is 23.1. The molecule has 1 aromatic carbocycles. The molecule has 1 amide bonds. The lowest BCUT2D eigenvalue weighted by Gasteiger charge is -2.46. The monoisotopic (exact) mass is 343 g/mol. The Hall–Kier alpha value is -2.29. The summed E-state index contributed by atoms with van der Waals surface area (Å²) in [6.07, 6.45) is -6.06. The third kappa shape index (κ3) is 3.03. The van der Waals surface area contributed by atoms with Crippen molar-refractivity contribution in [2.24, 2.45) is 5.10 Å². The molecule has 1 saturated heterocycles. The van der Waals surface area contributed by atoms with Crippen molar-refractivity contribution in [2.75, 3.05) is 18.0 Å². The molecule has 2 N–H and O–H groups in total. The van der Waals surface area contributed by atoms with Crippen molar-refractivity contribution in [3.8, 4) is 0 Å². The minimum atomic E-state index is -4.56. The van der Waals surface area contributed by atoms with Gasteiger partial charge in [-0.15, -0.1) is 0 Å². The number of cyclic esters (lactones) is 1. The number of halogens is 3. The lowest BCUT2D eigenvalue weighted by atomic mass is 9.93. The lowest BCUT2D eigenvalue weighted by molar-refractivity contribution is -0.137. The maximum atomic E-state index is 13.4. The van der Waals surface area contributed by atoms with Crippen LogP contribution in [0, 0.1) is 0 Å². The quantitative estimate of drug-likeness (QED) is 0.863. The summed E-state index contributed by atoms with van der Waals surface area (Å²) in [5.74, 6) is 0. The highest BCUT2D eigenvalue weighted by atomic mass is 19.4. The van der Waals surface area contributed by atoms with Crippen LogP contribution < -0.4 is 10.3 Å². The van der Waals surface area contributed by atoms with Gasteiger partial charge in [-0.25, -0.2) is 10.2 Å². The van der Waals surface area contributed by atoms with E-state index in [1.807, 2.05) is 0 Å². The number of alkyl halides is 3. The molecule has 6 nitrogen and oxygen atoms in total. The Morgan fingerprint density at radius 3 is 2.62 bits per heavy atom. The predicted molar refractivity (Wildman–Crippen MR) is 79.9 cm³/mol. The number of hydrogen-bond donors (Lipinski definition) is 2. The van der Waals surface area contributed by atoms with Gasteiger partial charge in [-0.1, -0.05) is 6.07 Å². The highest BCUT2D eigenvalue weighted by Crippen LogP contribution is 2.40. The fraction of sp³-hybridized carbons (Fsp3) is 0.467. The third-order valence-electron chi connectivity index (χ3n) is 3.94. The number of anilines is 1. The van der Waals surface area contributed by atoms with Crippen molar-refractivity contribution in [3.05, 3.63) is 29.3 Å². The van der Waals surface area contributed by atoms with Crippen molar-refractivity contribution < 1.29 is 27.8 Å². The van der Waals surface area contributed by atoms with Gasteiger partial charge < -0.3 is 14.7 Å². The second-order valence-corrected chi connectivity index (χ2v) is 6.24. The van der Waals surface area contributed by atoms with Crippen LogP contribution in [0.1, 0.15) is 25.0 Å². The molecule has 2 heterocycles. The first-order valence-electron chi connectivity index (χ1n) is 7.30. The zero-order chi connectivity index (χ0) is 17.7. The summed E-state index contributed by atoms with van der Waals surface area (Å²) in [7, 11) is 0. The summed E-state index contributed by atoms with van der Waals surface area (Å²) in [5.41, 5.74) is 0.720. The van der Waals surface area contributed by atoms with Crippen LogP contribution >= 0.6 is 0 Å². The van der Waals surface area contributed by atoms with E-state index in [0.717, 1.165) is 6.07 Å². The van der Waals surface area contributed by atoms with Gasteiger partial charge in [0.05, 0.1) is 11.2 Å². The van der Waals surface area contributed by atoms with Crippen molar-refractivity contribution in [2.45, 2.75) is 31.7 Å². The number of benzene rings is 1. The Labute approximate surface area is 135 Å². The fourth-order valence-corrected chi connectivity index (χ4v) is 2.88. The summed E-state index contributed by atoms with van der Waals surface area (Å²) >= 11 is 0. The van der Waals surface area contributed by atoms with Gasteiger partial charge >= 0.3 is 12.3 Å². The molecule has 0 aliphatic carbocycles. The summed E-state index contributed by atoms with van der Waals surface area (Å²) < 4.78 is 45.2. The van der Waals surface area contributed by atoms with Crippen LogP contribution in [-0.4, -0.2) is 41.7 Å². The maximum Gasteiger partial charge on any atom is 0.428 e. The standard InChI is InChI=1S/C15H16F3N3O3/c1-8-12(19-20-13(22)24-8)9-3-4-11(10(5-9)15(16,17)18)21-6-14(2,23)7-21/h3-5,8,23H,6-7H2,1-2H3,(H,20,22)/t8-/m0/s1. The van der Waals surface area contributed by atoms with Gasteiger partial charge in [0.15, 0.2) is 0 Å². The van der Waals surface area contributed by atoms with Crippen molar-refractivity contribution >= 4 is 17.5 Å². The van der Waals surface area contributed by atoms with E-state index in [0.29, 0.717) is 0 Å². The number of aliphatic hydroxyl groups is 1. The van der Waals surface area contributed by atoms with Gasteiger partial charge in [0, 0.05) is 24.3 Å². The molecule has 0 saturated carbocycles. The number of nitrogens with zero attached hydrogens (tertiary/aromatic N) is 2. The second-order valence-electron chi connectivity index (χ2n) is 6.24. The number of carbonyl (C=O) groups excluding carboxylic acids is 1. The van der Waals surface area contributed by atoms with E-state index in [2.05, 4.69) is 10.5 Å². The van der Waals surface area contributed by atoms with Crippen LogP contribution in [0.4, 0.5) is 23.7 Å². The smallest absolute Gasteiger partial charge is 0.428 e. The molecule has 9 heteroatoms. The Balaban J connectivity index is 1.98. The molecule has 1 atom stereocenters. The van der Waals surface area contributed by atoms with Gasteiger partial charge in [0.1, 0.15) is 11.8 Å². The first-order valence-corrected chi connectivity index (χ1v) is 7.30. The number of hydrazone groups is 1. The second kappa shape index (κ2) is 5.37. The molecule has 3 rings (SSSR count). The Kier molecular flexibility index (Phi) is 3.71. The number of ether oxygens (including phenoxy) is 1. The Morgan fingerprint density at radius 1 is 1.42 bits per heavy atom. The zero-order valence-electron chi connectivity index (χ0n) is 13.0. The van der Waals surface area contributed by atoms with Crippen LogP contribution in [0.25, 0.3) is 0 Å². The van der Waals surface area contributed by atoms with Crippen molar-refractivity contribution in [1.82, 2.24) is 5.43 Å². The van der Waals surface area contributed by atoms with Crippen LogP contribution in [0.15, 0.2) is 23.3 Å². The van der Waals surface area contributed by atoms with Gasteiger partial charge in [-0.2, -0.15) is 18.3 Å². The maximum absolute atomic E-state index is 13.4. The average Bonchev–Trinajstić information content (AvgIpc) is 2.43. The highest BCUT2D eigenvalue weighted by molar-refractivity contribution is 6.06. The molecular formula is C15H16F3N3O3. The largest absolute Gasteiger partial charge is 0.439 e. The molecule has 2 aliphatic rings. The number of hydrogen-bond acceptors (Lipinski definition) is 5. The van der Waals surface area contributed by atoms with Crippen molar-refractivity contribution in [3.63, 3.8) is 0 Å². The van der Waals surface area contributed by atoms with Crippen LogP contribution in [0.3, 0.4) is 0 Å². The summed E-state index contributed by atoms with van der Waals surface area (Å²) in [6, 6.07) is 3.82. The Morgan fingerprint density at radius 2 is 2.08 bits per heavy atom. The van der Waals surface area contributed by atoms with Crippen LogP contribution in [0.5, 0.6) is 0 Å². The predicted octanol–water partition coefficient (Wildman–Crippen LogP) is 2.11. The fourth-order valence-electron chi connectivity index (χ4n) is 2.88. The van der Waals surface area contributed by atoms with E-state index in [1.54, 1.807) is 6.92 Å². The molecule has 0 bridgehead atoms. The number of nitrogens with one attached hydrogen (secondary N) is 1. The average molecular weight is 343 g/mol. The number of rotatable bonds is 2.